The van der Waals surface area contributed by atoms with Crippen molar-refractivity contribution in [2.24, 2.45) is 0 Å². The van der Waals surface area contributed by atoms with Gasteiger partial charge in [-0.2, -0.15) is 0 Å². The third-order valence-electron chi connectivity index (χ3n) is 2.70. The fourth-order valence-corrected chi connectivity index (χ4v) is 1.81. The van der Waals surface area contributed by atoms with Gasteiger partial charge in [0, 0.05) is 39.4 Å². The van der Waals surface area contributed by atoms with Gasteiger partial charge in [0.25, 0.3) is 0 Å². The SMILES string of the molecule is CCOCC(COCC)N1CCNCC1. The van der Waals surface area contributed by atoms with Crippen LogP contribution in [0.4, 0.5) is 0 Å². The zero-order chi connectivity index (χ0) is 10.9. The summed E-state index contributed by atoms with van der Waals surface area (Å²) in [6, 6.07) is 0.423. The van der Waals surface area contributed by atoms with Crippen molar-refractivity contribution in [1.82, 2.24) is 10.2 Å². The van der Waals surface area contributed by atoms with Gasteiger partial charge in [-0.15, -0.1) is 0 Å². The molecule has 4 heteroatoms. The molecular formula is C11H24N2O2. The topological polar surface area (TPSA) is 33.7 Å². The van der Waals surface area contributed by atoms with Crippen molar-refractivity contribution in [1.29, 1.82) is 0 Å². The van der Waals surface area contributed by atoms with Crippen LogP contribution in [0.1, 0.15) is 13.8 Å². The van der Waals surface area contributed by atoms with Gasteiger partial charge in [0.2, 0.25) is 0 Å². The lowest BCUT2D eigenvalue weighted by molar-refractivity contribution is 0.00657. The van der Waals surface area contributed by atoms with Crippen molar-refractivity contribution in [3.05, 3.63) is 0 Å². The minimum Gasteiger partial charge on any atom is -0.380 e. The van der Waals surface area contributed by atoms with E-state index in [0.717, 1.165) is 52.6 Å². The average Bonchev–Trinajstić information content (AvgIpc) is 2.30. The first-order valence-corrected chi connectivity index (χ1v) is 5.98. The van der Waals surface area contributed by atoms with Crippen molar-refractivity contribution in [3.63, 3.8) is 0 Å². The highest BCUT2D eigenvalue weighted by Crippen LogP contribution is 2.03. The summed E-state index contributed by atoms with van der Waals surface area (Å²) in [7, 11) is 0. The lowest BCUT2D eigenvalue weighted by Gasteiger charge is -2.34. The maximum absolute atomic E-state index is 5.50. The fraction of sp³-hybridized carbons (Fsp3) is 1.00. The largest absolute Gasteiger partial charge is 0.380 e. The summed E-state index contributed by atoms with van der Waals surface area (Å²) in [5.74, 6) is 0. The molecule has 0 radical (unpaired) electrons. The molecule has 0 aliphatic carbocycles. The van der Waals surface area contributed by atoms with Gasteiger partial charge in [0.15, 0.2) is 0 Å². The Kier molecular flexibility index (Phi) is 6.92. The second-order valence-electron chi connectivity index (χ2n) is 3.76. The van der Waals surface area contributed by atoms with Gasteiger partial charge >= 0.3 is 0 Å². The van der Waals surface area contributed by atoms with Crippen LogP contribution in [0.3, 0.4) is 0 Å². The maximum Gasteiger partial charge on any atom is 0.0644 e. The van der Waals surface area contributed by atoms with E-state index in [1.165, 1.54) is 0 Å². The average molecular weight is 216 g/mol. The third-order valence-corrected chi connectivity index (χ3v) is 2.70. The Morgan fingerprint density at radius 3 is 2.07 bits per heavy atom. The predicted octanol–water partition coefficient (Wildman–Crippen LogP) is 0.333. The number of hydrogen-bond acceptors (Lipinski definition) is 4. The smallest absolute Gasteiger partial charge is 0.0644 e. The molecule has 90 valence electrons. The summed E-state index contributed by atoms with van der Waals surface area (Å²) in [4.78, 5) is 2.46. The zero-order valence-electron chi connectivity index (χ0n) is 10.00. The molecule has 0 spiro atoms. The molecule has 4 nitrogen and oxygen atoms in total. The number of hydrogen-bond donors (Lipinski definition) is 1. The van der Waals surface area contributed by atoms with Gasteiger partial charge in [-0.3, -0.25) is 4.90 Å². The second-order valence-corrected chi connectivity index (χ2v) is 3.76. The highest BCUT2D eigenvalue weighted by atomic mass is 16.5. The Bertz CT molecular complexity index is 142. The second kappa shape index (κ2) is 8.05. The molecule has 0 aromatic heterocycles. The molecule has 1 fully saturated rings. The number of nitrogens with zero attached hydrogens (tertiary/aromatic N) is 1. The quantitative estimate of drug-likeness (QED) is 0.665. The molecule has 1 rings (SSSR count). The van der Waals surface area contributed by atoms with Crippen molar-refractivity contribution < 1.29 is 9.47 Å². The van der Waals surface area contributed by atoms with E-state index >= 15 is 0 Å². The minimum atomic E-state index is 0.423. The molecule has 1 heterocycles. The minimum absolute atomic E-state index is 0.423. The summed E-state index contributed by atoms with van der Waals surface area (Å²) in [5.41, 5.74) is 0. The summed E-state index contributed by atoms with van der Waals surface area (Å²) >= 11 is 0. The van der Waals surface area contributed by atoms with Crippen LogP contribution in [0.2, 0.25) is 0 Å². The molecule has 1 N–H and O–H groups in total. The van der Waals surface area contributed by atoms with E-state index in [1.807, 2.05) is 13.8 Å². The Morgan fingerprint density at radius 1 is 1.07 bits per heavy atom. The lowest BCUT2D eigenvalue weighted by atomic mass is 10.2. The summed E-state index contributed by atoms with van der Waals surface area (Å²) in [6.07, 6.45) is 0. The number of ether oxygens (including phenoxy) is 2. The van der Waals surface area contributed by atoms with Crippen LogP contribution in [-0.2, 0) is 9.47 Å². The van der Waals surface area contributed by atoms with Gasteiger partial charge in [0.05, 0.1) is 19.3 Å². The van der Waals surface area contributed by atoms with Gasteiger partial charge < -0.3 is 14.8 Å². The van der Waals surface area contributed by atoms with E-state index in [0.29, 0.717) is 6.04 Å². The zero-order valence-corrected chi connectivity index (χ0v) is 10.00. The van der Waals surface area contributed by atoms with E-state index < -0.39 is 0 Å². The molecule has 1 saturated heterocycles. The molecule has 0 amide bonds. The Hall–Kier alpha value is -0.160. The van der Waals surface area contributed by atoms with Crippen LogP contribution >= 0.6 is 0 Å². The number of piperazine rings is 1. The molecule has 0 atom stereocenters. The normalized spacial score (nSPS) is 18.6. The molecule has 15 heavy (non-hydrogen) atoms. The van der Waals surface area contributed by atoms with Crippen molar-refractivity contribution in [2.45, 2.75) is 19.9 Å². The van der Waals surface area contributed by atoms with Crippen molar-refractivity contribution in [2.75, 3.05) is 52.6 Å². The highest BCUT2D eigenvalue weighted by molar-refractivity contribution is 4.76. The monoisotopic (exact) mass is 216 g/mol. The van der Waals surface area contributed by atoms with Crippen LogP contribution in [0.15, 0.2) is 0 Å². The fourth-order valence-electron chi connectivity index (χ4n) is 1.81. The number of rotatable bonds is 7. The molecule has 0 bridgehead atoms. The first-order valence-electron chi connectivity index (χ1n) is 5.98. The van der Waals surface area contributed by atoms with E-state index in [9.17, 15) is 0 Å². The van der Waals surface area contributed by atoms with E-state index in [4.69, 9.17) is 9.47 Å². The Labute approximate surface area is 92.9 Å². The summed E-state index contributed by atoms with van der Waals surface area (Å²) in [5, 5.41) is 3.36. The lowest BCUT2D eigenvalue weighted by Crippen LogP contribution is -2.51. The van der Waals surface area contributed by atoms with Gasteiger partial charge in [0.1, 0.15) is 0 Å². The molecule has 0 saturated carbocycles. The van der Waals surface area contributed by atoms with E-state index in [1.54, 1.807) is 0 Å². The Balaban J connectivity index is 2.30. The van der Waals surface area contributed by atoms with Crippen LogP contribution in [-0.4, -0.2) is 63.5 Å². The molecular weight excluding hydrogens is 192 g/mol. The standard InChI is InChI=1S/C11H24N2O2/c1-3-14-9-11(10-15-4-2)13-7-5-12-6-8-13/h11-12H,3-10H2,1-2H3. The van der Waals surface area contributed by atoms with Gasteiger partial charge in [-0.25, -0.2) is 0 Å². The molecule has 0 aromatic carbocycles. The molecule has 0 aromatic rings. The van der Waals surface area contributed by atoms with Gasteiger partial charge in [-0.05, 0) is 13.8 Å². The maximum atomic E-state index is 5.50. The van der Waals surface area contributed by atoms with Crippen LogP contribution in [0, 0.1) is 0 Å². The predicted molar refractivity (Wildman–Crippen MR) is 61.2 cm³/mol. The third kappa shape index (κ3) is 4.93. The van der Waals surface area contributed by atoms with Crippen LogP contribution < -0.4 is 5.32 Å². The van der Waals surface area contributed by atoms with E-state index in [-0.39, 0.29) is 0 Å². The summed E-state index contributed by atoms with van der Waals surface area (Å²) in [6.45, 7) is 11.6. The first kappa shape index (κ1) is 12.9. The summed E-state index contributed by atoms with van der Waals surface area (Å²) < 4.78 is 11.0. The Morgan fingerprint density at radius 2 is 1.60 bits per heavy atom. The molecule has 1 aliphatic heterocycles. The van der Waals surface area contributed by atoms with E-state index in [2.05, 4.69) is 10.2 Å². The van der Waals surface area contributed by atoms with Crippen molar-refractivity contribution in [3.8, 4) is 0 Å². The van der Waals surface area contributed by atoms with Crippen LogP contribution in [0.25, 0.3) is 0 Å². The first-order chi connectivity index (χ1) is 7.38. The number of nitrogens with one attached hydrogen (secondary N) is 1. The van der Waals surface area contributed by atoms with Crippen molar-refractivity contribution >= 4 is 0 Å². The highest BCUT2D eigenvalue weighted by Gasteiger charge is 2.20. The van der Waals surface area contributed by atoms with Gasteiger partial charge in [-0.1, -0.05) is 0 Å². The molecule has 1 aliphatic rings. The van der Waals surface area contributed by atoms with Crippen LogP contribution in [0.5, 0.6) is 0 Å². The molecule has 0 unspecified atom stereocenters.